The van der Waals surface area contributed by atoms with Crippen molar-refractivity contribution in [2.45, 2.75) is 18.9 Å². The molecule has 0 fully saturated rings. The maximum atomic E-state index is 13.0. The zero-order valence-corrected chi connectivity index (χ0v) is 11.7. The molecule has 0 saturated heterocycles. The van der Waals surface area contributed by atoms with Gasteiger partial charge >= 0.3 is 0 Å². The van der Waals surface area contributed by atoms with Gasteiger partial charge in [-0.1, -0.05) is 34.1 Å². The lowest BCUT2D eigenvalue weighted by Gasteiger charge is -2.09. The highest BCUT2D eigenvalue weighted by Gasteiger charge is 2.02. The van der Waals surface area contributed by atoms with Gasteiger partial charge in [-0.15, -0.1) is 0 Å². The molecule has 3 heteroatoms. The molecule has 0 atom stereocenters. The maximum absolute atomic E-state index is 13.0. The number of hydrogen-bond donors (Lipinski definition) is 0. The summed E-state index contributed by atoms with van der Waals surface area (Å²) < 4.78 is 18.7. The van der Waals surface area contributed by atoms with E-state index < -0.39 is 0 Å². The third kappa shape index (κ3) is 3.33. The second kappa shape index (κ2) is 6.01. The van der Waals surface area contributed by atoms with E-state index in [1.54, 1.807) is 6.07 Å². The molecule has 2 rings (SSSR count). The number of ether oxygens (including phenoxy) is 1. The van der Waals surface area contributed by atoms with Gasteiger partial charge in [0.15, 0.2) is 0 Å². The molecule has 2 aromatic rings. The molecule has 0 N–H and O–H groups in total. The van der Waals surface area contributed by atoms with Gasteiger partial charge in [0.2, 0.25) is 0 Å². The van der Waals surface area contributed by atoms with E-state index in [0.717, 1.165) is 22.2 Å². The van der Waals surface area contributed by atoms with Gasteiger partial charge in [-0.2, -0.15) is 0 Å². The van der Waals surface area contributed by atoms with E-state index in [1.807, 2.05) is 31.2 Å². The maximum Gasteiger partial charge on any atom is 0.123 e. The molecule has 0 aliphatic heterocycles. The van der Waals surface area contributed by atoms with Crippen LogP contribution in [0.1, 0.15) is 16.7 Å². The molecular formula is C15H14BrFO. The van der Waals surface area contributed by atoms with E-state index in [2.05, 4.69) is 15.9 Å². The van der Waals surface area contributed by atoms with Crippen LogP contribution in [0.25, 0.3) is 0 Å². The van der Waals surface area contributed by atoms with Crippen molar-refractivity contribution >= 4 is 15.9 Å². The summed E-state index contributed by atoms with van der Waals surface area (Å²) in [7, 11) is 0. The fourth-order valence-corrected chi connectivity index (χ4v) is 2.05. The molecule has 0 aliphatic rings. The molecule has 0 saturated carbocycles. The lowest BCUT2D eigenvalue weighted by atomic mass is 10.1. The molecule has 0 aromatic heterocycles. The number of hydrogen-bond acceptors (Lipinski definition) is 1. The van der Waals surface area contributed by atoms with Gasteiger partial charge < -0.3 is 4.74 Å². The smallest absolute Gasteiger partial charge is 0.123 e. The summed E-state index contributed by atoms with van der Waals surface area (Å²) in [6.07, 6.45) is 0. The number of halogens is 2. The molecule has 0 heterocycles. The van der Waals surface area contributed by atoms with Crippen LogP contribution in [0.2, 0.25) is 0 Å². The first-order chi connectivity index (χ1) is 8.69. The van der Waals surface area contributed by atoms with Crippen molar-refractivity contribution in [3.8, 4) is 5.75 Å². The predicted octanol–water partition coefficient (Wildman–Crippen LogP) is 4.61. The van der Waals surface area contributed by atoms with Crippen LogP contribution in [0.5, 0.6) is 5.75 Å². The van der Waals surface area contributed by atoms with Crippen molar-refractivity contribution in [3.05, 3.63) is 65.0 Å². The second-order valence-corrected chi connectivity index (χ2v) is 4.70. The highest BCUT2D eigenvalue weighted by Crippen LogP contribution is 2.18. The van der Waals surface area contributed by atoms with Gasteiger partial charge in [-0.3, -0.25) is 0 Å². The third-order valence-electron chi connectivity index (χ3n) is 2.75. The zero-order chi connectivity index (χ0) is 13.0. The van der Waals surface area contributed by atoms with Crippen molar-refractivity contribution in [2.75, 3.05) is 0 Å². The molecule has 0 bridgehead atoms. The lowest BCUT2D eigenvalue weighted by molar-refractivity contribution is 0.305. The quantitative estimate of drug-likeness (QED) is 0.750. The molecule has 2 aromatic carbocycles. The van der Waals surface area contributed by atoms with E-state index in [0.29, 0.717) is 6.61 Å². The summed E-state index contributed by atoms with van der Waals surface area (Å²) in [6.45, 7) is 2.34. The Kier molecular flexibility index (Phi) is 4.37. The molecule has 0 unspecified atom stereocenters. The zero-order valence-electron chi connectivity index (χ0n) is 10.1. The Balaban J connectivity index is 2.06. The van der Waals surface area contributed by atoms with Crippen molar-refractivity contribution in [2.24, 2.45) is 0 Å². The van der Waals surface area contributed by atoms with Gasteiger partial charge in [-0.05, 0) is 47.9 Å². The molecule has 94 valence electrons. The summed E-state index contributed by atoms with van der Waals surface area (Å²) in [5.74, 6) is 0.619. The monoisotopic (exact) mass is 308 g/mol. The number of rotatable bonds is 4. The van der Waals surface area contributed by atoms with E-state index in [9.17, 15) is 4.39 Å². The molecule has 0 spiro atoms. The van der Waals surface area contributed by atoms with Crippen LogP contribution in [0.3, 0.4) is 0 Å². The molecule has 18 heavy (non-hydrogen) atoms. The van der Waals surface area contributed by atoms with E-state index in [1.165, 1.54) is 17.7 Å². The standard InChI is InChI=1S/C15H14BrFO/c1-11-7-14(17)6-5-13(11)10-18-15-4-2-3-12(8-15)9-16/h2-8H,9-10H2,1H3. The van der Waals surface area contributed by atoms with Crippen LogP contribution in [0.15, 0.2) is 42.5 Å². The fraction of sp³-hybridized carbons (Fsp3) is 0.200. The van der Waals surface area contributed by atoms with Gasteiger partial charge in [0.1, 0.15) is 18.2 Å². The Bertz CT molecular complexity index is 540. The molecular weight excluding hydrogens is 295 g/mol. The second-order valence-electron chi connectivity index (χ2n) is 4.14. The van der Waals surface area contributed by atoms with Crippen LogP contribution >= 0.6 is 15.9 Å². The van der Waals surface area contributed by atoms with Gasteiger partial charge in [0, 0.05) is 5.33 Å². The highest BCUT2D eigenvalue weighted by molar-refractivity contribution is 9.08. The summed E-state index contributed by atoms with van der Waals surface area (Å²) in [6, 6.07) is 12.7. The molecule has 0 radical (unpaired) electrons. The van der Waals surface area contributed by atoms with E-state index in [-0.39, 0.29) is 5.82 Å². The first kappa shape index (κ1) is 13.1. The first-order valence-electron chi connectivity index (χ1n) is 5.72. The number of aryl methyl sites for hydroxylation is 1. The average Bonchev–Trinajstić information content (AvgIpc) is 2.38. The van der Waals surface area contributed by atoms with Crippen LogP contribution in [0, 0.1) is 12.7 Å². The van der Waals surface area contributed by atoms with Crippen molar-refractivity contribution < 1.29 is 9.13 Å². The topological polar surface area (TPSA) is 9.23 Å². The Morgan fingerprint density at radius 1 is 1.17 bits per heavy atom. The molecule has 0 amide bonds. The van der Waals surface area contributed by atoms with Gasteiger partial charge in [0.25, 0.3) is 0 Å². The average molecular weight is 309 g/mol. The van der Waals surface area contributed by atoms with Gasteiger partial charge in [0.05, 0.1) is 0 Å². The SMILES string of the molecule is Cc1cc(F)ccc1COc1cccc(CBr)c1. The van der Waals surface area contributed by atoms with Crippen LogP contribution in [0.4, 0.5) is 4.39 Å². The highest BCUT2D eigenvalue weighted by atomic mass is 79.9. The van der Waals surface area contributed by atoms with Crippen LogP contribution < -0.4 is 4.74 Å². The van der Waals surface area contributed by atoms with Crippen molar-refractivity contribution in [3.63, 3.8) is 0 Å². The van der Waals surface area contributed by atoms with Crippen molar-refractivity contribution in [1.29, 1.82) is 0 Å². The lowest BCUT2D eigenvalue weighted by Crippen LogP contribution is -1.98. The van der Waals surface area contributed by atoms with Gasteiger partial charge in [-0.25, -0.2) is 4.39 Å². The largest absolute Gasteiger partial charge is 0.489 e. The van der Waals surface area contributed by atoms with Crippen LogP contribution in [-0.2, 0) is 11.9 Å². The number of benzene rings is 2. The first-order valence-corrected chi connectivity index (χ1v) is 6.84. The Morgan fingerprint density at radius 2 is 2.00 bits per heavy atom. The fourth-order valence-electron chi connectivity index (χ4n) is 1.70. The minimum absolute atomic E-state index is 0.211. The van der Waals surface area contributed by atoms with E-state index in [4.69, 9.17) is 4.74 Å². The summed E-state index contributed by atoms with van der Waals surface area (Å²) in [4.78, 5) is 0. The Morgan fingerprint density at radius 3 is 2.72 bits per heavy atom. The Labute approximate surface area is 115 Å². The van der Waals surface area contributed by atoms with E-state index >= 15 is 0 Å². The predicted molar refractivity (Wildman–Crippen MR) is 74.5 cm³/mol. The molecule has 0 aliphatic carbocycles. The van der Waals surface area contributed by atoms with Crippen LogP contribution in [-0.4, -0.2) is 0 Å². The number of alkyl halides is 1. The molecule has 1 nitrogen and oxygen atoms in total. The summed E-state index contributed by atoms with van der Waals surface area (Å²) in [5, 5.41) is 0.805. The summed E-state index contributed by atoms with van der Waals surface area (Å²) in [5.41, 5.74) is 3.08. The third-order valence-corrected chi connectivity index (χ3v) is 3.40. The normalized spacial score (nSPS) is 10.4. The minimum Gasteiger partial charge on any atom is -0.489 e. The summed E-state index contributed by atoms with van der Waals surface area (Å²) >= 11 is 3.41. The minimum atomic E-state index is -0.211. The van der Waals surface area contributed by atoms with Crippen molar-refractivity contribution in [1.82, 2.24) is 0 Å². The Hall–Kier alpha value is -1.35.